The molecule has 11 heteroatoms. The van der Waals surface area contributed by atoms with E-state index in [4.69, 9.17) is 0 Å². The molecule has 0 saturated heterocycles. The predicted octanol–water partition coefficient (Wildman–Crippen LogP) is 2.95. The normalized spacial score (nSPS) is 11.2. The molecule has 25 heavy (non-hydrogen) atoms. The zero-order chi connectivity index (χ0) is 18.7. The molecule has 0 unspecified atom stereocenters. The third-order valence-corrected chi connectivity index (χ3v) is 3.47. The van der Waals surface area contributed by atoms with Crippen LogP contribution in [0.25, 0.3) is 0 Å². The molecule has 0 radical (unpaired) electrons. The lowest BCUT2D eigenvalue weighted by molar-refractivity contribution is -0.395. The van der Waals surface area contributed by atoms with Crippen molar-refractivity contribution in [3.05, 3.63) is 83.4 Å². The fourth-order valence-electron chi connectivity index (χ4n) is 2.22. The zero-order valence-electron chi connectivity index (χ0n) is 12.6. The molecule has 0 aliphatic heterocycles. The van der Waals surface area contributed by atoms with Crippen molar-refractivity contribution in [3.63, 3.8) is 0 Å². The monoisotopic (exact) mass is 346 g/mol. The summed E-state index contributed by atoms with van der Waals surface area (Å²) in [6, 6.07) is 6.92. The summed E-state index contributed by atoms with van der Waals surface area (Å²) in [4.78, 5) is 30.7. The van der Waals surface area contributed by atoms with E-state index in [0.29, 0.717) is 0 Å². The van der Waals surface area contributed by atoms with Crippen LogP contribution in [0.3, 0.4) is 0 Å². The predicted molar refractivity (Wildman–Crippen MR) is 85.0 cm³/mol. The Balaban J connectivity index is 2.63. The average molecular weight is 346 g/mol. The van der Waals surface area contributed by atoms with E-state index in [1.54, 1.807) is 0 Å². The molecule has 0 bridgehead atoms. The second-order valence-corrected chi connectivity index (χ2v) is 4.91. The highest BCUT2D eigenvalue weighted by Crippen LogP contribution is 2.30. The maximum atomic E-state index is 11.1. The van der Waals surface area contributed by atoms with E-state index in [1.165, 1.54) is 19.1 Å². The molecular weight excluding hydrogens is 336 g/mol. The van der Waals surface area contributed by atoms with E-state index in [-0.39, 0.29) is 28.1 Å². The van der Waals surface area contributed by atoms with Gasteiger partial charge in [-0.25, -0.2) is 0 Å². The minimum absolute atomic E-state index is 0.0691. The Kier molecular flexibility index (Phi) is 4.68. The minimum atomic E-state index is -0.781. The van der Waals surface area contributed by atoms with Crippen LogP contribution in [0, 0.1) is 37.3 Å². The fourth-order valence-corrected chi connectivity index (χ4v) is 2.22. The molecule has 0 aliphatic rings. The van der Waals surface area contributed by atoms with Crippen molar-refractivity contribution in [2.24, 2.45) is 5.16 Å². The van der Waals surface area contributed by atoms with Crippen LogP contribution in [0.5, 0.6) is 0 Å². The van der Waals surface area contributed by atoms with E-state index in [9.17, 15) is 35.6 Å². The number of oxime groups is 1. The van der Waals surface area contributed by atoms with Crippen LogP contribution in [0.1, 0.15) is 16.7 Å². The first-order valence-corrected chi connectivity index (χ1v) is 6.67. The zero-order valence-corrected chi connectivity index (χ0v) is 12.6. The van der Waals surface area contributed by atoms with Gasteiger partial charge in [-0.1, -0.05) is 5.16 Å². The highest BCUT2D eigenvalue weighted by atomic mass is 16.6. The smallest absolute Gasteiger partial charge is 0.279 e. The molecule has 128 valence electrons. The first-order valence-electron chi connectivity index (χ1n) is 6.67. The molecule has 1 N–H and O–H groups in total. The van der Waals surface area contributed by atoms with Gasteiger partial charge in [0.1, 0.15) is 11.3 Å². The van der Waals surface area contributed by atoms with Crippen molar-refractivity contribution < 1.29 is 20.0 Å². The van der Waals surface area contributed by atoms with Gasteiger partial charge in [0.25, 0.3) is 17.1 Å². The van der Waals surface area contributed by atoms with Crippen molar-refractivity contribution in [2.75, 3.05) is 0 Å². The van der Waals surface area contributed by atoms with E-state index in [0.717, 1.165) is 24.3 Å². The molecule has 0 heterocycles. The number of non-ortho nitro benzene ring substituents is 1. The number of nitro benzene ring substituents is 3. The molecular formula is C14H10N4O7. The summed E-state index contributed by atoms with van der Waals surface area (Å²) >= 11 is 0. The summed E-state index contributed by atoms with van der Waals surface area (Å²) in [5.41, 5.74) is -1.43. The van der Waals surface area contributed by atoms with Gasteiger partial charge in [0.15, 0.2) is 0 Å². The summed E-state index contributed by atoms with van der Waals surface area (Å²) in [5, 5.41) is 45.2. The van der Waals surface area contributed by atoms with Gasteiger partial charge in [-0.2, -0.15) is 0 Å². The van der Waals surface area contributed by atoms with Crippen molar-refractivity contribution in [2.45, 2.75) is 6.92 Å². The molecule has 0 atom stereocenters. The number of nitrogens with zero attached hydrogens (tertiary/aromatic N) is 4. The van der Waals surface area contributed by atoms with Gasteiger partial charge in [0, 0.05) is 35.4 Å². The van der Waals surface area contributed by atoms with Crippen LogP contribution < -0.4 is 0 Å². The van der Waals surface area contributed by atoms with Crippen molar-refractivity contribution in [1.82, 2.24) is 0 Å². The molecule has 0 aliphatic carbocycles. The van der Waals surface area contributed by atoms with E-state index in [2.05, 4.69) is 5.16 Å². The van der Waals surface area contributed by atoms with Crippen LogP contribution in [0.4, 0.5) is 17.1 Å². The molecule has 0 aromatic heterocycles. The van der Waals surface area contributed by atoms with E-state index < -0.39 is 26.1 Å². The van der Waals surface area contributed by atoms with Gasteiger partial charge in [-0.05, 0) is 19.1 Å². The van der Waals surface area contributed by atoms with Crippen molar-refractivity contribution >= 4 is 22.8 Å². The van der Waals surface area contributed by atoms with Crippen molar-refractivity contribution in [1.29, 1.82) is 0 Å². The molecule has 2 aromatic rings. The lowest BCUT2D eigenvalue weighted by Crippen LogP contribution is -2.07. The van der Waals surface area contributed by atoms with Gasteiger partial charge in [-0.15, -0.1) is 0 Å². The molecule has 2 rings (SSSR count). The second kappa shape index (κ2) is 6.70. The Hall–Kier alpha value is -3.89. The summed E-state index contributed by atoms with van der Waals surface area (Å²) in [6.07, 6.45) is 0. The first-order chi connectivity index (χ1) is 11.8. The maximum absolute atomic E-state index is 11.1. The van der Waals surface area contributed by atoms with Crippen LogP contribution in [-0.2, 0) is 0 Å². The number of hydrogen-bond acceptors (Lipinski definition) is 8. The summed E-state index contributed by atoms with van der Waals surface area (Å²) in [6.45, 7) is 1.24. The van der Waals surface area contributed by atoms with Gasteiger partial charge in [0.2, 0.25) is 0 Å². The largest absolute Gasteiger partial charge is 0.410 e. The first kappa shape index (κ1) is 17.5. The second-order valence-electron chi connectivity index (χ2n) is 4.91. The molecule has 11 nitrogen and oxygen atoms in total. The van der Waals surface area contributed by atoms with Crippen LogP contribution in [0.15, 0.2) is 41.6 Å². The Morgan fingerprint density at radius 3 is 1.72 bits per heavy atom. The van der Waals surface area contributed by atoms with Gasteiger partial charge in [0.05, 0.1) is 14.8 Å². The lowest BCUT2D eigenvalue weighted by atomic mass is 9.99. The molecule has 0 amide bonds. The molecule has 0 fully saturated rings. The van der Waals surface area contributed by atoms with Gasteiger partial charge >= 0.3 is 0 Å². The van der Waals surface area contributed by atoms with E-state index >= 15 is 0 Å². The van der Waals surface area contributed by atoms with Crippen molar-refractivity contribution in [3.8, 4) is 0 Å². The highest BCUT2D eigenvalue weighted by molar-refractivity contribution is 6.13. The number of hydrogen-bond donors (Lipinski definition) is 1. The number of benzene rings is 2. The number of nitro groups is 3. The third-order valence-electron chi connectivity index (χ3n) is 3.47. The van der Waals surface area contributed by atoms with Crippen LogP contribution in [0.2, 0.25) is 0 Å². The quantitative estimate of drug-likeness (QED) is 0.376. The Bertz CT molecular complexity index is 871. The summed E-state index contributed by atoms with van der Waals surface area (Å²) < 4.78 is 0. The molecule has 0 spiro atoms. The molecule has 2 aromatic carbocycles. The SMILES string of the molecule is Cc1c([N+](=O)[O-])cc(/C(=N/O)c2ccc([N+](=O)[O-])cc2)cc1[N+](=O)[O-]. The number of rotatable bonds is 5. The van der Waals surface area contributed by atoms with Gasteiger partial charge in [-0.3, -0.25) is 30.3 Å². The van der Waals surface area contributed by atoms with Gasteiger partial charge < -0.3 is 5.21 Å². The average Bonchev–Trinajstić information content (AvgIpc) is 2.56. The molecule has 0 saturated carbocycles. The maximum Gasteiger partial charge on any atom is 0.279 e. The standard InChI is InChI=1S/C14H10N4O7/c1-8-12(17(22)23)6-10(7-13(8)18(24)25)14(15-19)9-2-4-11(5-3-9)16(20)21/h2-7,19H,1H3/b15-14+. The topological polar surface area (TPSA) is 162 Å². The van der Waals surface area contributed by atoms with E-state index in [1.807, 2.05) is 0 Å². The lowest BCUT2D eigenvalue weighted by Gasteiger charge is -2.07. The summed E-state index contributed by atoms with van der Waals surface area (Å²) in [7, 11) is 0. The summed E-state index contributed by atoms with van der Waals surface area (Å²) in [5.74, 6) is 0. The Morgan fingerprint density at radius 1 is 0.880 bits per heavy atom. The third kappa shape index (κ3) is 3.39. The fraction of sp³-hybridized carbons (Fsp3) is 0.0714. The highest BCUT2D eigenvalue weighted by Gasteiger charge is 2.25. The minimum Gasteiger partial charge on any atom is -0.410 e. The Morgan fingerprint density at radius 2 is 1.36 bits per heavy atom. The Labute approximate surface area is 139 Å². The van der Waals surface area contributed by atoms with Crippen LogP contribution >= 0.6 is 0 Å². The van der Waals surface area contributed by atoms with Crippen LogP contribution in [-0.4, -0.2) is 25.7 Å².